The highest BCUT2D eigenvalue weighted by atomic mass is 16.5. The van der Waals surface area contributed by atoms with Crippen LogP contribution in [0, 0.1) is 5.92 Å². The number of nitrogens with one attached hydrogen (secondary N) is 1. The summed E-state index contributed by atoms with van der Waals surface area (Å²) in [5.41, 5.74) is 1.15. The van der Waals surface area contributed by atoms with Crippen LogP contribution in [0.3, 0.4) is 0 Å². The zero-order valence-electron chi connectivity index (χ0n) is 12.5. The molecule has 0 aliphatic heterocycles. The third-order valence-electron chi connectivity index (χ3n) is 3.67. The van der Waals surface area contributed by atoms with Crippen LogP contribution in [0.5, 0.6) is 0 Å². The van der Waals surface area contributed by atoms with Crippen molar-refractivity contribution >= 4 is 18.2 Å². The summed E-state index contributed by atoms with van der Waals surface area (Å²) in [6, 6.07) is 7.95. The first-order valence-electron chi connectivity index (χ1n) is 7.32. The molecule has 0 radical (unpaired) electrons. The Bertz CT molecular complexity index is 580. The molecule has 0 spiro atoms. The molecule has 1 aromatic carbocycles. The van der Waals surface area contributed by atoms with Gasteiger partial charge >= 0.3 is 5.97 Å². The van der Waals surface area contributed by atoms with Crippen molar-refractivity contribution in [3.05, 3.63) is 47.5 Å². The molecule has 0 aromatic heterocycles. The van der Waals surface area contributed by atoms with Crippen molar-refractivity contribution in [1.29, 1.82) is 0 Å². The zero-order valence-corrected chi connectivity index (χ0v) is 12.5. The molecule has 5 nitrogen and oxygen atoms in total. The van der Waals surface area contributed by atoms with Crippen LogP contribution >= 0.6 is 0 Å². The van der Waals surface area contributed by atoms with Crippen molar-refractivity contribution in [2.75, 3.05) is 6.61 Å². The van der Waals surface area contributed by atoms with E-state index < -0.39 is 12.0 Å². The fourth-order valence-corrected chi connectivity index (χ4v) is 2.54. The minimum Gasteiger partial charge on any atom is -0.464 e. The van der Waals surface area contributed by atoms with E-state index in [1.165, 1.54) is 0 Å². The summed E-state index contributed by atoms with van der Waals surface area (Å²) in [5.74, 6) is -0.928. The molecule has 2 atom stereocenters. The number of amides is 1. The van der Waals surface area contributed by atoms with E-state index in [1.54, 1.807) is 37.3 Å². The first-order valence-corrected chi connectivity index (χ1v) is 7.32. The number of hydrogen-bond acceptors (Lipinski definition) is 4. The fraction of sp³-hybridized carbons (Fsp3) is 0.353. The largest absolute Gasteiger partial charge is 0.464 e. The highest BCUT2D eigenvalue weighted by molar-refractivity contribution is 5.96. The van der Waals surface area contributed by atoms with Crippen LogP contribution in [0.1, 0.15) is 30.1 Å². The number of ether oxygens (including phenoxy) is 1. The number of hydrogen-bond donors (Lipinski definition) is 1. The van der Waals surface area contributed by atoms with Gasteiger partial charge in [0.05, 0.1) is 6.61 Å². The summed E-state index contributed by atoms with van der Waals surface area (Å²) >= 11 is 0. The van der Waals surface area contributed by atoms with E-state index in [4.69, 9.17) is 4.74 Å². The first-order chi connectivity index (χ1) is 10.7. The van der Waals surface area contributed by atoms with Gasteiger partial charge in [-0.15, -0.1) is 0 Å². The average molecular weight is 301 g/mol. The molecule has 1 amide bonds. The summed E-state index contributed by atoms with van der Waals surface area (Å²) < 4.78 is 5.06. The highest BCUT2D eigenvalue weighted by Gasteiger charge is 2.33. The van der Waals surface area contributed by atoms with Crippen molar-refractivity contribution in [2.24, 2.45) is 5.92 Å². The summed E-state index contributed by atoms with van der Waals surface area (Å²) in [6.45, 7) is 1.97. The van der Waals surface area contributed by atoms with E-state index in [1.807, 2.05) is 6.07 Å². The van der Waals surface area contributed by atoms with Crippen LogP contribution in [0.4, 0.5) is 0 Å². The Hall–Kier alpha value is -2.43. The lowest BCUT2D eigenvalue weighted by Crippen LogP contribution is -2.46. The van der Waals surface area contributed by atoms with Crippen LogP contribution in [0.25, 0.3) is 0 Å². The lowest BCUT2D eigenvalue weighted by molar-refractivity contribution is -0.146. The lowest BCUT2D eigenvalue weighted by Gasteiger charge is -2.23. The number of rotatable bonds is 6. The number of carbonyl (C=O) groups excluding carboxylic acids is 3. The minimum absolute atomic E-state index is 0.146. The molecule has 5 heteroatoms. The third kappa shape index (κ3) is 3.81. The smallest absolute Gasteiger partial charge is 0.328 e. The second-order valence-corrected chi connectivity index (χ2v) is 5.17. The summed E-state index contributed by atoms with van der Waals surface area (Å²) in [7, 11) is 0. The van der Waals surface area contributed by atoms with Gasteiger partial charge < -0.3 is 10.1 Å². The quantitative estimate of drug-likeness (QED) is 0.643. The Morgan fingerprint density at radius 1 is 1.36 bits per heavy atom. The molecule has 2 rings (SSSR count). The first kappa shape index (κ1) is 15.9. The third-order valence-corrected chi connectivity index (χ3v) is 3.67. The Morgan fingerprint density at radius 3 is 2.68 bits per heavy atom. The van der Waals surface area contributed by atoms with Crippen molar-refractivity contribution in [2.45, 2.75) is 25.8 Å². The molecule has 22 heavy (non-hydrogen) atoms. The highest BCUT2D eigenvalue weighted by Crippen LogP contribution is 2.27. The van der Waals surface area contributed by atoms with Crippen molar-refractivity contribution in [3.8, 4) is 0 Å². The minimum atomic E-state index is -0.749. The van der Waals surface area contributed by atoms with Crippen molar-refractivity contribution in [3.63, 3.8) is 0 Å². The van der Waals surface area contributed by atoms with Gasteiger partial charge in [-0.1, -0.05) is 24.3 Å². The second kappa shape index (κ2) is 7.54. The van der Waals surface area contributed by atoms with Gasteiger partial charge in [0, 0.05) is 5.56 Å². The second-order valence-electron chi connectivity index (χ2n) is 5.17. The van der Waals surface area contributed by atoms with E-state index in [-0.39, 0.29) is 18.4 Å². The van der Waals surface area contributed by atoms with Crippen LogP contribution in [-0.2, 0) is 14.3 Å². The molecule has 0 saturated carbocycles. The number of esters is 1. The van der Waals surface area contributed by atoms with E-state index in [0.29, 0.717) is 24.0 Å². The summed E-state index contributed by atoms with van der Waals surface area (Å²) in [6.07, 6.45) is 3.65. The van der Waals surface area contributed by atoms with Crippen LogP contribution in [0.15, 0.2) is 42.0 Å². The standard InChI is InChI=1S/C17H19NO4/c1-2-22-17(21)15(14-9-8-12(10-14)11-19)18-16(20)13-6-4-3-5-7-13/h3-8,11,14-15H,2,9-10H2,1H3,(H,18,20)/t14-,15-/m1/s1. The van der Waals surface area contributed by atoms with Crippen LogP contribution < -0.4 is 5.32 Å². The topological polar surface area (TPSA) is 72.5 Å². The van der Waals surface area contributed by atoms with Gasteiger partial charge in [0.2, 0.25) is 0 Å². The van der Waals surface area contributed by atoms with Gasteiger partial charge in [-0.2, -0.15) is 0 Å². The molecule has 1 N–H and O–H groups in total. The molecule has 0 unspecified atom stereocenters. The molecule has 0 bridgehead atoms. The Labute approximate surface area is 129 Å². The van der Waals surface area contributed by atoms with Gasteiger partial charge in [-0.3, -0.25) is 9.59 Å². The van der Waals surface area contributed by atoms with Crippen LogP contribution in [0.2, 0.25) is 0 Å². The van der Waals surface area contributed by atoms with E-state index in [0.717, 1.165) is 6.29 Å². The Balaban J connectivity index is 2.10. The van der Waals surface area contributed by atoms with Gasteiger partial charge in [-0.05, 0) is 43.4 Å². The average Bonchev–Trinajstić information content (AvgIpc) is 3.02. The van der Waals surface area contributed by atoms with E-state index in [2.05, 4.69) is 5.32 Å². The number of aldehydes is 1. The predicted molar refractivity (Wildman–Crippen MR) is 81.2 cm³/mol. The van der Waals surface area contributed by atoms with Crippen LogP contribution in [-0.4, -0.2) is 30.8 Å². The number of allylic oxidation sites excluding steroid dienone is 2. The lowest BCUT2D eigenvalue weighted by atomic mass is 9.95. The van der Waals surface area contributed by atoms with E-state index in [9.17, 15) is 14.4 Å². The van der Waals surface area contributed by atoms with Gasteiger partial charge in [0.25, 0.3) is 5.91 Å². The van der Waals surface area contributed by atoms with Crippen molar-refractivity contribution < 1.29 is 19.1 Å². The predicted octanol–water partition coefficient (Wildman–Crippen LogP) is 1.88. The maximum atomic E-state index is 12.3. The Kier molecular flexibility index (Phi) is 5.47. The van der Waals surface area contributed by atoms with Gasteiger partial charge in [0.15, 0.2) is 0 Å². The molecule has 116 valence electrons. The SMILES string of the molecule is CCOC(=O)[C@H](NC(=O)c1ccccc1)[C@@H]1CC=C(C=O)C1. The fourth-order valence-electron chi connectivity index (χ4n) is 2.54. The summed E-state index contributed by atoms with van der Waals surface area (Å²) in [5, 5.41) is 2.74. The number of benzene rings is 1. The normalized spacial score (nSPS) is 18.2. The summed E-state index contributed by atoms with van der Waals surface area (Å²) in [4.78, 5) is 35.3. The molecule has 1 aromatic rings. The molecular weight excluding hydrogens is 282 g/mol. The molecular formula is C17H19NO4. The van der Waals surface area contributed by atoms with Gasteiger partial charge in [-0.25, -0.2) is 4.79 Å². The molecule has 1 aliphatic carbocycles. The van der Waals surface area contributed by atoms with Crippen molar-refractivity contribution in [1.82, 2.24) is 5.32 Å². The maximum absolute atomic E-state index is 12.3. The molecule has 0 fully saturated rings. The Morgan fingerprint density at radius 2 is 2.09 bits per heavy atom. The molecule has 0 heterocycles. The maximum Gasteiger partial charge on any atom is 0.328 e. The zero-order chi connectivity index (χ0) is 15.9. The number of carbonyl (C=O) groups is 3. The van der Waals surface area contributed by atoms with Gasteiger partial charge in [0.1, 0.15) is 12.3 Å². The molecule has 0 saturated heterocycles. The molecule has 1 aliphatic rings. The van der Waals surface area contributed by atoms with E-state index >= 15 is 0 Å². The monoisotopic (exact) mass is 301 g/mol.